The Morgan fingerprint density at radius 2 is 1.70 bits per heavy atom. The van der Waals surface area contributed by atoms with Gasteiger partial charge in [-0.1, -0.05) is 58.4 Å². The van der Waals surface area contributed by atoms with Crippen LogP contribution in [0.3, 0.4) is 0 Å². The molecule has 0 bridgehead atoms. The molecule has 4 nitrogen and oxygen atoms in total. The summed E-state index contributed by atoms with van der Waals surface area (Å²) in [6, 6.07) is 19.7. The van der Waals surface area contributed by atoms with E-state index in [1.54, 1.807) is 10.8 Å². The normalized spacial score (nSPS) is 10.5. The molecule has 0 atom stereocenters. The van der Waals surface area contributed by atoms with Gasteiger partial charge in [0.25, 0.3) is 0 Å². The lowest BCUT2D eigenvalue weighted by molar-refractivity contribution is 0.727. The van der Waals surface area contributed by atoms with Crippen molar-refractivity contribution < 1.29 is 0 Å². The molecule has 0 radical (unpaired) electrons. The fourth-order valence-corrected chi connectivity index (χ4v) is 2.49. The molecule has 3 aromatic rings. The van der Waals surface area contributed by atoms with E-state index in [-0.39, 0.29) is 5.69 Å². The van der Waals surface area contributed by atoms with Crippen LogP contribution in [0.5, 0.6) is 0 Å². The van der Waals surface area contributed by atoms with Crippen molar-refractivity contribution in [2.45, 2.75) is 13.1 Å². The van der Waals surface area contributed by atoms with Crippen LogP contribution in [0.4, 0.5) is 5.82 Å². The summed E-state index contributed by atoms with van der Waals surface area (Å²) in [4.78, 5) is 16.2. The third kappa shape index (κ3) is 4.29. The van der Waals surface area contributed by atoms with E-state index in [0.717, 1.165) is 15.6 Å². The molecule has 0 amide bonds. The summed E-state index contributed by atoms with van der Waals surface area (Å²) in [6.45, 7) is 1.15. The van der Waals surface area contributed by atoms with Gasteiger partial charge in [-0.15, -0.1) is 0 Å². The zero-order valence-corrected chi connectivity index (χ0v) is 14.0. The lowest BCUT2D eigenvalue weighted by Gasteiger charge is -2.08. The van der Waals surface area contributed by atoms with Crippen LogP contribution in [0.15, 0.2) is 76.1 Å². The Morgan fingerprint density at radius 3 is 2.39 bits per heavy atom. The molecule has 0 fully saturated rings. The first-order chi connectivity index (χ1) is 11.2. The Hall–Kier alpha value is -2.40. The number of anilines is 1. The van der Waals surface area contributed by atoms with Gasteiger partial charge in [0.05, 0.1) is 6.54 Å². The zero-order chi connectivity index (χ0) is 16.1. The molecule has 1 N–H and O–H groups in total. The highest BCUT2D eigenvalue weighted by Gasteiger charge is 2.02. The Bertz CT molecular complexity index is 829. The standard InChI is InChI=1S/C18H16BrN3O/c19-16-8-6-15(7-9-16)13-22-11-10-17(21-18(22)23)20-12-14-4-2-1-3-5-14/h1-11H,12-13H2,(H,20,21,23). The largest absolute Gasteiger partial charge is 0.366 e. The van der Waals surface area contributed by atoms with Gasteiger partial charge in [0.2, 0.25) is 0 Å². The van der Waals surface area contributed by atoms with Gasteiger partial charge in [-0.3, -0.25) is 4.57 Å². The predicted octanol–water partition coefficient (Wildman–Crippen LogP) is 3.67. The van der Waals surface area contributed by atoms with Gasteiger partial charge < -0.3 is 5.32 Å². The Kier molecular flexibility index (Phi) is 4.88. The number of aromatic nitrogens is 2. The van der Waals surface area contributed by atoms with Crippen LogP contribution >= 0.6 is 15.9 Å². The summed E-state index contributed by atoms with van der Waals surface area (Å²) < 4.78 is 2.61. The number of halogens is 1. The smallest absolute Gasteiger partial charge is 0.349 e. The second kappa shape index (κ2) is 7.24. The lowest BCUT2D eigenvalue weighted by Crippen LogP contribution is -2.23. The molecule has 1 heterocycles. The Balaban J connectivity index is 1.68. The molecule has 0 aliphatic rings. The SMILES string of the molecule is O=c1nc(NCc2ccccc2)ccn1Cc1ccc(Br)cc1. The van der Waals surface area contributed by atoms with Crippen LogP contribution in [0.1, 0.15) is 11.1 Å². The monoisotopic (exact) mass is 369 g/mol. The van der Waals surface area contributed by atoms with Gasteiger partial charge in [-0.2, -0.15) is 4.98 Å². The number of rotatable bonds is 5. The van der Waals surface area contributed by atoms with E-state index in [2.05, 4.69) is 26.2 Å². The summed E-state index contributed by atoms with van der Waals surface area (Å²) in [5.41, 5.74) is 1.95. The predicted molar refractivity (Wildman–Crippen MR) is 95.5 cm³/mol. The molecule has 116 valence electrons. The summed E-state index contributed by atoms with van der Waals surface area (Å²) >= 11 is 3.40. The average Bonchev–Trinajstić information content (AvgIpc) is 2.58. The van der Waals surface area contributed by atoms with Gasteiger partial charge in [0, 0.05) is 17.2 Å². The maximum atomic E-state index is 12.1. The number of hydrogen-bond donors (Lipinski definition) is 1. The maximum Gasteiger partial charge on any atom is 0.349 e. The second-order valence-electron chi connectivity index (χ2n) is 5.19. The summed E-state index contributed by atoms with van der Waals surface area (Å²) in [7, 11) is 0. The van der Waals surface area contributed by atoms with Gasteiger partial charge >= 0.3 is 5.69 Å². The third-order valence-corrected chi connectivity index (χ3v) is 3.99. The summed E-state index contributed by atoms with van der Waals surface area (Å²) in [5, 5.41) is 3.17. The number of nitrogens with one attached hydrogen (secondary N) is 1. The second-order valence-corrected chi connectivity index (χ2v) is 6.10. The van der Waals surface area contributed by atoms with Crippen LogP contribution in [0.25, 0.3) is 0 Å². The zero-order valence-electron chi connectivity index (χ0n) is 12.4. The maximum absolute atomic E-state index is 12.1. The molecule has 3 rings (SSSR count). The molecule has 1 aromatic heterocycles. The van der Waals surface area contributed by atoms with Gasteiger partial charge in [0.1, 0.15) is 5.82 Å². The van der Waals surface area contributed by atoms with E-state index < -0.39 is 0 Å². The highest BCUT2D eigenvalue weighted by atomic mass is 79.9. The highest BCUT2D eigenvalue weighted by Crippen LogP contribution is 2.11. The lowest BCUT2D eigenvalue weighted by atomic mass is 10.2. The van der Waals surface area contributed by atoms with Gasteiger partial charge in [0.15, 0.2) is 0 Å². The topological polar surface area (TPSA) is 46.9 Å². The van der Waals surface area contributed by atoms with E-state index in [0.29, 0.717) is 18.9 Å². The fourth-order valence-electron chi connectivity index (χ4n) is 2.22. The molecule has 23 heavy (non-hydrogen) atoms. The minimum Gasteiger partial charge on any atom is -0.366 e. The first-order valence-corrected chi connectivity index (χ1v) is 8.10. The van der Waals surface area contributed by atoms with Crippen molar-refractivity contribution >= 4 is 21.7 Å². The number of hydrogen-bond acceptors (Lipinski definition) is 3. The molecular weight excluding hydrogens is 354 g/mol. The Labute approximate surface area is 143 Å². The van der Waals surface area contributed by atoms with Crippen molar-refractivity contribution in [3.8, 4) is 0 Å². The molecule has 0 unspecified atom stereocenters. The van der Waals surface area contributed by atoms with Crippen molar-refractivity contribution in [2.24, 2.45) is 0 Å². The van der Waals surface area contributed by atoms with Gasteiger partial charge in [-0.25, -0.2) is 4.79 Å². The molecule has 0 saturated heterocycles. The first-order valence-electron chi connectivity index (χ1n) is 7.30. The average molecular weight is 370 g/mol. The molecular formula is C18H16BrN3O. The highest BCUT2D eigenvalue weighted by molar-refractivity contribution is 9.10. The van der Waals surface area contributed by atoms with Crippen LogP contribution < -0.4 is 11.0 Å². The van der Waals surface area contributed by atoms with Crippen molar-refractivity contribution in [1.82, 2.24) is 9.55 Å². The van der Waals surface area contributed by atoms with E-state index in [9.17, 15) is 4.79 Å². The van der Waals surface area contributed by atoms with E-state index >= 15 is 0 Å². The van der Waals surface area contributed by atoms with Crippen molar-refractivity contribution in [3.05, 3.63) is 92.9 Å². The fraction of sp³-hybridized carbons (Fsp3) is 0.111. The minimum atomic E-state index is -0.258. The van der Waals surface area contributed by atoms with Crippen LogP contribution in [0, 0.1) is 0 Å². The minimum absolute atomic E-state index is 0.258. The molecule has 5 heteroatoms. The number of nitrogens with zero attached hydrogens (tertiary/aromatic N) is 2. The first kappa shape index (κ1) is 15.5. The van der Waals surface area contributed by atoms with Crippen LogP contribution in [-0.4, -0.2) is 9.55 Å². The molecule has 2 aromatic carbocycles. The van der Waals surface area contributed by atoms with Crippen LogP contribution in [0.2, 0.25) is 0 Å². The molecule has 0 saturated carbocycles. The van der Waals surface area contributed by atoms with Crippen molar-refractivity contribution in [3.63, 3.8) is 0 Å². The third-order valence-electron chi connectivity index (χ3n) is 3.46. The summed E-state index contributed by atoms with van der Waals surface area (Å²) in [5.74, 6) is 0.589. The molecule has 0 aliphatic carbocycles. The van der Waals surface area contributed by atoms with Gasteiger partial charge in [-0.05, 0) is 29.3 Å². The summed E-state index contributed by atoms with van der Waals surface area (Å²) in [6.07, 6.45) is 1.77. The Morgan fingerprint density at radius 1 is 0.957 bits per heavy atom. The van der Waals surface area contributed by atoms with E-state index in [1.807, 2.05) is 60.7 Å². The number of benzene rings is 2. The molecule has 0 spiro atoms. The quantitative estimate of drug-likeness (QED) is 0.746. The van der Waals surface area contributed by atoms with Crippen molar-refractivity contribution in [1.29, 1.82) is 0 Å². The van der Waals surface area contributed by atoms with E-state index in [1.165, 1.54) is 0 Å². The molecule has 0 aliphatic heterocycles. The van der Waals surface area contributed by atoms with Crippen molar-refractivity contribution in [2.75, 3.05) is 5.32 Å². The van der Waals surface area contributed by atoms with Crippen LogP contribution in [-0.2, 0) is 13.1 Å². The van der Waals surface area contributed by atoms with E-state index in [4.69, 9.17) is 0 Å².